The Labute approximate surface area is 123 Å². The number of halogens is 1. The van der Waals surface area contributed by atoms with Gasteiger partial charge in [-0.3, -0.25) is 4.79 Å². The number of anilines is 3. The summed E-state index contributed by atoms with van der Waals surface area (Å²) in [5.74, 6) is -0.219. The largest absolute Gasteiger partial charge is 0.399 e. The van der Waals surface area contributed by atoms with Gasteiger partial charge in [0.05, 0.1) is 5.56 Å². The first-order valence-electron chi connectivity index (χ1n) is 6.11. The Morgan fingerprint density at radius 1 is 1.20 bits per heavy atom. The van der Waals surface area contributed by atoms with Crippen LogP contribution in [0.3, 0.4) is 0 Å². The fourth-order valence-electron chi connectivity index (χ4n) is 1.89. The molecule has 0 aliphatic heterocycles. The van der Waals surface area contributed by atoms with Gasteiger partial charge in [0.2, 0.25) is 0 Å². The molecule has 2 aromatic carbocycles. The molecule has 0 heterocycles. The number of nitrogens with two attached hydrogens (primary N) is 1. The minimum absolute atomic E-state index is 0.219. The Kier molecular flexibility index (Phi) is 4.15. The van der Waals surface area contributed by atoms with Gasteiger partial charge in [-0.25, -0.2) is 0 Å². The van der Waals surface area contributed by atoms with Gasteiger partial charge < -0.3 is 16.0 Å². The molecule has 0 bridgehead atoms. The quantitative estimate of drug-likeness (QED) is 0.853. The fourth-order valence-corrected chi connectivity index (χ4v) is 2.08. The van der Waals surface area contributed by atoms with Gasteiger partial charge in [-0.15, -0.1) is 0 Å². The van der Waals surface area contributed by atoms with Gasteiger partial charge in [-0.2, -0.15) is 0 Å². The lowest BCUT2D eigenvalue weighted by molar-refractivity contribution is 0.102. The van der Waals surface area contributed by atoms with Crippen molar-refractivity contribution in [3.8, 4) is 0 Å². The van der Waals surface area contributed by atoms with Crippen LogP contribution in [-0.2, 0) is 0 Å². The van der Waals surface area contributed by atoms with Crippen molar-refractivity contribution in [2.45, 2.75) is 0 Å². The molecule has 0 aliphatic carbocycles. The molecule has 2 aromatic rings. The smallest absolute Gasteiger partial charge is 0.257 e. The summed E-state index contributed by atoms with van der Waals surface area (Å²) in [6.07, 6.45) is 0. The highest BCUT2D eigenvalue weighted by molar-refractivity contribution is 6.31. The van der Waals surface area contributed by atoms with E-state index in [4.69, 9.17) is 17.3 Å². The molecule has 104 valence electrons. The second kappa shape index (κ2) is 5.84. The normalized spacial score (nSPS) is 10.2. The first kappa shape index (κ1) is 14.2. The number of benzene rings is 2. The molecule has 0 aromatic heterocycles. The van der Waals surface area contributed by atoms with Crippen molar-refractivity contribution in [2.75, 3.05) is 30.0 Å². The van der Waals surface area contributed by atoms with Gasteiger partial charge in [-0.05, 0) is 36.4 Å². The third kappa shape index (κ3) is 3.22. The van der Waals surface area contributed by atoms with E-state index < -0.39 is 0 Å². The van der Waals surface area contributed by atoms with E-state index in [-0.39, 0.29) is 5.91 Å². The Morgan fingerprint density at radius 3 is 2.60 bits per heavy atom. The molecule has 3 N–H and O–H groups in total. The maximum absolute atomic E-state index is 12.4. The molecule has 0 aliphatic rings. The Bertz CT molecular complexity index is 641. The summed E-state index contributed by atoms with van der Waals surface area (Å²) < 4.78 is 0. The van der Waals surface area contributed by atoms with Crippen LogP contribution in [0.4, 0.5) is 17.1 Å². The van der Waals surface area contributed by atoms with Gasteiger partial charge in [0, 0.05) is 36.2 Å². The predicted molar refractivity (Wildman–Crippen MR) is 84.6 cm³/mol. The van der Waals surface area contributed by atoms with Crippen LogP contribution in [-0.4, -0.2) is 20.0 Å². The standard InChI is InChI=1S/C15H16ClN3O/c1-19(2)14-7-6-11(17)9-13(14)15(20)18-12-5-3-4-10(16)8-12/h3-9H,17H2,1-2H3,(H,18,20). The third-order valence-electron chi connectivity index (χ3n) is 2.83. The molecule has 0 spiro atoms. The number of rotatable bonds is 3. The average molecular weight is 290 g/mol. The molecule has 1 amide bonds. The molecule has 4 nitrogen and oxygen atoms in total. The number of nitrogen functional groups attached to an aromatic ring is 1. The van der Waals surface area contributed by atoms with E-state index in [1.54, 1.807) is 36.4 Å². The second-order valence-corrected chi connectivity index (χ2v) is 5.07. The fraction of sp³-hybridized carbons (Fsp3) is 0.133. The lowest BCUT2D eigenvalue weighted by Gasteiger charge is -2.17. The van der Waals surface area contributed by atoms with Crippen LogP contribution < -0.4 is 16.0 Å². The van der Waals surface area contributed by atoms with Crippen molar-refractivity contribution >= 4 is 34.6 Å². The summed E-state index contributed by atoms with van der Waals surface area (Å²) in [6, 6.07) is 12.3. The minimum atomic E-state index is -0.219. The summed E-state index contributed by atoms with van der Waals surface area (Å²) in [5.41, 5.74) is 8.29. The second-order valence-electron chi connectivity index (χ2n) is 4.64. The van der Waals surface area contributed by atoms with Crippen molar-refractivity contribution in [1.29, 1.82) is 0 Å². The van der Waals surface area contributed by atoms with Crippen molar-refractivity contribution in [2.24, 2.45) is 0 Å². The molecule has 0 atom stereocenters. The van der Waals surface area contributed by atoms with Crippen LogP contribution in [0.5, 0.6) is 0 Å². The zero-order valence-electron chi connectivity index (χ0n) is 11.4. The monoisotopic (exact) mass is 289 g/mol. The summed E-state index contributed by atoms with van der Waals surface area (Å²) in [7, 11) is 3.75. The van der Waals surface area contributed by atoms with Gasteiger partial charge in [0.15, 0.2) is 0 Å². The van der Waals surface area contributed by atoms with Gasteiger partial charge >= 0.3 is 0 Å². The highest BCUT2D eigenvalue weighted by Gasteiger charge is 2.13. The van der Waals surface area contributed by atoms with Gasteiger partial charge in [0.1, 0.15) is 0 Å². The number of nitrogens with zero attached hydrogens (tertiary/aromatic N) is 1. The topological polar surface area (TPSA) is 58.4 Å². The summed E-state index contributed by atoms with van der Waals surface area (Å²) in [4.78, 5) is 14.2. The number of nitrogens with one attached hydrogen (secondary N) is 1. The molecule has 5 heteroatoms. The van der Waals surface area contributed by atoms with Crippen LogP contribution in [0.2, 0.25) is 5.02 Å². The summed E-state index contributed by atoms with van der Waals surface area (Å²) in [5, 5.41) is 3.39. The van der Waals surface area contributed by atoms with Gasteiger partial charge in [0.25, 0.3) is 5.91 Å². The zero-order valence-corrected chi connectivity index (χ0v) is 12.1. The van der Waals surface area contributed by atoms with Crippen molar-refractivity contribution in [3.05, 3.63) is 53.1 Å². The third-order valence-corrected chi connectivity index (χ3v) is 3.06. The first-order chi connectivity index (χ1) is 9.47. The molecule has 0 fully saturated rings. The van der Waals surface area contributed by atoms with Gasteiger partial charge in [-0.1, -0.05) is 17.7 Å². The summed E-state index contributed by atoms with van der Waals surface area (Å²) in [6.45, 7) is 0. The van der Waals surface area contributed by atoms with Crippen LogP contribution in [0, 0.1) is 0 Å². The van der Waals surface area contributed by atoms with Crippen molar-refractivity contribution < 1.29 is 4.79 Å². The maximum atomic E-state index is 12.4. The van der Waals surface area contributed by atoms with Crippen LogP contribution in [0.25, 0.3) is 0 Å². The van der Waals surface area contributed by atoms with E-state index in [1.165, 1.54) is 0 Å². The molecule has 0 radical (unpaired) electrons. The first-order valence-corrected chi connectivity index (χ1v) is 6.49. The predicted octanol–water partition coefficient (Wildman–Crippen LogP) is 3.24. The average Bonchev–Trinajstić information content (AvgIpc) is 2.38. The molecule has 0 unspecified atom stereocenters. The molecular formula is C15H16ClN3O. The van der Waals surface area contributed by atoms with E-state index in [2.05, 4.69) is 5.32 Å². The lowest BCUT2D eigenvalue weighted by Crippen LogP contribution is -2.18. The Morgan fingerprint density at radius 2 is 1.95 bits per heavy atom. The molecule has 0 saturated heterocycles. The molecule has 0 saturated carbocycles. The highest BCUT2D eigenvalue weighted by Crippen LogP contribution is 2.23. The van der Waals surface area contributed by atoms with E-state index in [1.807, 2.05) is 25.1 Å². The van der Waals surface area contributed by atoms with E-state index in [0.29, 0.717) is 22.0 Å². The number of amides is 1. The Balaban J connectivity index is 2.31. The van der Waals surface area contributed by atoms with Crippen molar-refractivity contribution in [1.82, 2.24) is 0 Å². The minimum Gasteiger partial charge on any atom is -0.399 e. The molecule has 20 heavy (non-hydrogen) atoms. The molecular weight excluding hydrogens is 274 g/mol. The van der Waals surface area contributed by atoms with E-state index in [9.17, 15) is 4.79 Å². The van der Waals surface area contributed by atoms with Crippen LogP contribution in [0.1, 0.15) is 10.4 Å². The van der Waals surface area contributed by atoms with Crippen LogP contribution in [0.15, 0.2) is 42.5 Å². The van der Waals surface area contributed by atoms with E-state index >= 15 is 0 Å². The lowest BCUT2D eigenvalue weighted by atomic mass is 10.1. The number of hydrogen-bond acceptors (Lipinski definition) is 3. The number of carbonyl (C=O) groups excluding carboxylic acids is 1. The summed E-state index contributed by atoms with van der Waals surface area (Å²) >= 11 is 5.90. The van der Waals surface area contributed by atoms with Crippen LogP contribution >= 0.6 is 11.6 Å². The Hall–Kier alpha value is -2.20. The van der Waals surface area contributed by atoms with Crippen molar-refractivity contribution in [3.63, 3.8) is 0 Å². The number of hydrogen-bond donors (Lipinski definition) is 2. The van der Waals surface area contributed by atoms with E-state index in [0.717, 1.165) is 5.69 Å². The maximum Gasteiger partial charge on any atom is 0.257 e. The SMILES string of the molecule is CN(C)c1ccc(N)cc1C(=O)Nc1cccc(Cl)c1. The highest BCUT2D eigenvalue weighted by atomic mass is 35.5. The number of carbonyl (C=O) groups is 1. The molecule has 2 rings (SSSR count). The zero-order chi connectivity index (χ0) is 14.7.